The predicted molar refractivity (Wildman–Crippen MR) is 179 cm³/mol. The van der Waals surface area contributed by atoms with Gasteiger partial charge in [0.05, 0.1) is 15.9 Å². The van der Waals surface area contributed by atoms with Crippen LogP contribution in [-0.4, -0.2) is 37.2 Å². The molecule has 1 aromatic heterocycles. The predicted octanol–water partition coefficient (Wildman–Crippen LogP) is 7.77. The number of rotatable bonds is 10. The van der Waals surface area contributed by atoms with Gasteiger partial charge in [-0.25, -0.2) is 27.7 Å². The number of carbonyl (C=O) groups is 2. The molecule has 0 aliphatic carbocycles. The van der Waals surface area contributed by atoms with E-state index in [4.69, 9.17) is 10.3 Å². The molecule has 0 spiro atoms. The quantitative estimate of drug-likeness (QED) is 0.0762. The summed E-state index contributed by atoms with van der Waals surface area (Å²) in [5.74, 6) is 0. The molecule has 0 atom stereocenters. The molecule has 240 valence electrons. The van der Waals surface area contributed by atoms with Crippen LogP contribution in [0.4, 0.5) is 26.7 Å². The number of carbonyl (C=O) groups excluding carboxylic acids is 2. The van der Waals surface area contributed by atoms with Crippen LogP contribution in [-0.2, 0) is 21.3 Å². The lowest BCUT2D eigenvalue weighted by Gasteiger charge is -2.22. The lowest BCUT2D eigenvalue weighted by atomic mass is 10.1. The summed E-state index contributed by atoms with van der Waals surface area (Å²) < 4.78 is 35.0. The van der Waals surface area contributed by atoms with Gasteiger partial charge in [-0.2, -0.15) is 0 Å². The molecule has 1 heterocycles. The summed E-state index contributed by atoms with van der Waals surface area (Å²) in [6.45, 7) is 8.89. The Morgan fingerprint density at radius 3 is 2.41 bits per heavy atom. The third-order valence-electron chi connectivity index (χ3n) is 5.99. The van der Waals surface area contributed by atoms with Crippen molar-refractivity contribution in [1.82, 2.24) is 15.0 Å². The maximum Gasteiger partial charge on any atom is 0.411 e. The van der Waals surface area contributed by atoms with Gasteiger partial charge in [0.15, 0.2) is 0 Å². The number of urea groups is 1. The van der Waals surface area contributed by atoms with E-state index in [0.717, 1.165) is 5.56 Å². The van der Waals surface area contributed by atoms with Crippen LogP contribution in [0.25, 0.3) is 31.5 Å². The molecule has 3 amide bonds. The molecule has 46 heavy (non-hydrogen) atoms. The largest absolute Gasteiger partial charge is 0.447 e. The Morgan fingerprint density at radius 1 is 1.02 bits per heavy atom. The summed E-state index contributed by atoms with van der Waals surface area (Å²) in [4.78, 5) is 32.5. The van der Waals surface area contributed by atoms with Gasteiger partial charge in [-0.1, -0.05) is 29.4 Å². The number of ether oxygens (including phenoxy) is 1. The standard InChI is InChI=1S/C31H34N8O5S2/c1-19(2)44-30(41)36-22-11-9-21(10-12-22)28-33-18-26(45-28)25-14-13-23(16-27(25)46(42,43)38-31(3,4)5)35-29(40)34-17-20-7-6-8-24(15-20)37-39-32/h6-16,18-19,38H,17H2,1-5H3,(H,36,41)(H2,34,35,40). The first-order chi connectivity index (χ1) is 21.7. The van der Waals surface area contributed by atoms with Gasteiger partial charge in [-0.05, 0) is 88.2 Å². The lowest BCUT2D eigenvalue weighted by Crippen LogP contribution is -2.40. The first kappa shape index (κ1) is 33.9. The minimum Gasteiger partial charge on any atom is -0.447 e. The summed E-state index contributed by atoms with van der Waals surface area (Å²) in [5, 5.41) is 12.3. The highest BCUT2D eigenvalue weighted by molar-refractivity contribution is 7.89. The molecule has 4 aromatic rings. The maximum absolute atomic E-state index is 13.6. The first-order valence-electron chi connectivity index (χ1n) is 14.1. The van der Waals surface area contributed by atoms with Crippen LogP contribution in [0.1, 0.15) is 40.2 Å². The van der Waals surface area contributed by atoms with Crippen LogP contribution in [0, 0.1) is 0 Å². The average molecular weight is 663 g/mol. The highest BCUT2D eigenvalue weighted by Crippen LogP contribution is 2.37. The number of nitrogens with one attached hydrogen (secondary N) is 4. The van der Waals surface area contributed by atoms with Crippen LogP contribution in [0.2, 0.25) is 0 Å². The van der Waals surface area contributed by atoms with Crippen LogP contribution in [0.3, 0.4) is 0 Å². The zero-order chi connectivity index (χ0) is 33.5. The molecular weight excluding hydrogens is 629 g/mol. The molecule has 4 N–H and O–H groups in total. The lowest BCUT2D eigenvalue weighted by molar-refractivity contribution is 0.130. The molecule has 0 aliphatic heterocycles. The van der Waals surface area contributed by atoms with E-state index in [-0.39, 0.29) is 23.2 Å². The minimum atomic E-state index is -4.04. The highest BCUT2D eigenvalue weighted by atomic mass is 32.2. The van der Waals surface area contributed by atoms with E-state index in [1.165, 1.54) is 17.4 Å². The van der Waals surface area contributed by atoms with Gasteiger partial charge in [0.25, 0.3) is 0 Å². The fourth-order valence-corrected chi connectivity index (χ4v) is 6.90. The Balaban J connectivity index is 1.57. The third kappa shape index (κ3) is 9.52. The zero-order valence-electron chi connectivity index (χ0n) is 25.9. The second kappa shape index (κ2) is 14.4. The van der Waals surface area contributed by atoms with Crippen molar-refractivity contribution in [2.45, 2.75) is 57.7 Å². The van der Waals surface area contributed by atoms with E-state index in [9.17, 15) is 18.0 Å². The number of sulfonamides is 1. The number of hydrogen-bond acceptors (Lipinski definition) is 8. The molecule has 0 aliphatic rings. The zero-order valence-corrected chi connectivity index (χ0v) is 27.5. The van der Waals surface area contributed by atoms with Crippen molar-refractivity contribution in [3.8, 4) is 21.0 Å². The van der Waals surface area contributed by atoms with E-state index >= 15 is 0 Å². The van der Waals surface area contributed by atoms with Crippen LogP contribution < -0.4 is 20.7 Å². The van der Waals surface area contributed by atoms with E-state index in [0.29, 0.717) is 32.4 Å². The molecule has 13 nitrogen and oxygen atoms in total. The summed E-state index contributed by atoms with van der Waals surface area (Å²) in [6, 6.07) is 17.9. The van der Waals surface area contributed by atoms with Crippen molar-refractivity contribution in [1.29, 1.82) is 0 Å². The number of anilines is 2. The molecule has 15 heteroatoms. The molecule has 0 unspecified atom stereocenters. The smallest absolute Gasteiger partial charge is 0.411 e. The fourth-order valence-electron chi connectivity index (χ4n) is 4.21. The molecule has 3 aromatic carbocycles. The van der Waals surface area contributed by atoms with Crippen molar-refractivity contribution < 1.29 is 22.7 Å². The van der Waals surface area contributed by atoms with Gasteiger partial charge in [0, 0.05) is 51.4 Å². The molecular formula is C31H34N8O5S2. The van der Waals surface area contributed by atoms with Crippen molar-refractivity contribution in [2.24, 2.45) is 5.11 Å². The molecule has 0 bridgehead atoms. The number of hydrogen-bond donors (Lipinski definition) is 4. The number of benzene rings is 3. The number of aromatic nitrogens is 1. The Bertz CT molecular complexity index is 1880. The van der Waals surface area contributed by atoms with Gasteiger partial charge >= 0.3 is 12.1 Å². The number of thiazole rings is 1. The molecule has 0 saturated carbocycles. The summed E-state index contributed by atoms with van der Waals surface area (Å²) in [6.07, 6.45) is 0.800. The van der Waals surface area contributed by atoms with E-state index in [1.807, 2.05) is 0 Å². The topological polar surface area (TPSA) is 187 Å². The van der Waals surface area contributed by atoms with Crippen LogP contribution >= 0.6 is 11.3 Å². The number of nitrogens with zero attached hydrogens (tertiary/aromatic N) is 4. The Morgan fingerprint density at radius 2 is 1.74 bits per heavy atom. The Hall–Kier alpha value is -4.95. The fraction of sp³-hybridized carbons (Fsp3) is 0.258. The van der Waals surface area contributed by atoms with E-state index in [2.05, 4.69) is 35.7 Å². The molecule has 0 saturated heterocycles. The summed E-state index contributed by atoms with van der Waals surface area (Å²) in [5.41, 5.74) is 11.0. The van der Waals surface area contributed by atoms with Crippen molar-refractivity contribution in [3.63, 3.8) is 0 Å². The molecule has 0 fully saturated rings. The van der Waals surface area contributed by atoms with E-state index < -0.39 is 27.7 Å². The molecule has 4 rings (SSSR count). The van der Waals surface area contributed by atoms with E-state index in [1.54, 1.807) is 101 Å². The second-order valence-corrected chi connectivity index (χ2v) is 14.1. The van der Waals surface area contributed by atoms with Gasteiger partial charge in [-0.3, -0.25) is 5.32 Å². The van der Waals surface area contributed by atoms with Crippen molar-refractivity contribution in [3.05, 3.63) is 88.9 Å². The van der Waals surface area contributed by atoms with Gasteiger partial charge in [0.2, 0.25) is 10.0 Å². The van der Waals surface area contributed by atoms with Gasteiger partial charge in [0.1, 0.15) is 5.01 Å². The number of amides is 3. The molecule has 0 radical (unpaired) electrons. The highest BCUT2D eigenvalue weighted by Gasteiger charge is 2.26. The summed E-state index contributed by atoms with van der Waals surface area (Å²) in [7, 11) is -4.04. The monoisotopic (exact) mass is 662 g/mol. The van der Waals surface area contributed by atoms with Crippen LogP contribution in [0.15, 0.2) is 82.9 Å². The summed E-state index contributed by atoms with van der Waals surface area (Å²) >= 11 is 1.30. The second-order valence-electron chi connectivity index (χ2n) is 11.4. The first-order valence-corrected chi connectivity index (χ1v) is 16.4. The number of azide groups is 1. The van der Waals surface area contributed by atoms with Gasteiger partial charge in [-0.15, -0.1) is 11.3 Å². The van der Waals surface area contributed by atoms with Crippen molar-refractivity contribution >= 4 is 50.5 Å². The normalized spacial score (nSPS) is 11.4. The Labute approximate surface area is 271 Å². The van der Waals surface area contributed by atoms with Crippen molar-refractivity contribution in [2.75, 3.05) is 10.6 Å². The third-order valence-corrected chi connectivity index (χ3v) is 8.86. The average Bonchev–Trinajstić information content (AvgIpc) is 3.45. The Kier molecular flexibility index (Phi) is 10.6. The SMILES string of the molecule is CC(C)OC(=O)Nc1ccc(-c2ncc(-c3ccc(NC(=O)NCc4cccc(N=[N+]=[N-])c4)cc3S(=O)(=O)NC(C)(C)C)s2)cc1. The minimum absolute atomic E-state index is 0.0271. The van der Waals surface area contributed by atoms with Crippen LogP contribution in [0.5, 0.6) is 0 Å². The maximum atomic E-state index is 13.6. The van der Waals surface area contributed by atoms with Gasteiger partial charge < -0.3 is 15.4 Å².